The van der Waals surface area contributed by atoms with Crippen LogP contribution < -0.4 is 4.35 Å². The molecule has 1 nitrogen and oxygen atoms in total. The zero-order chi connectivity index (χ0) is 10.3. The van der Waals surface area contributed by atoms with Crippen molar-refractivity contribution in [3.63, 3.8) is 0 Å². The molecule has 0 fully saturated rings. The summed E-state index contributed by atoms with van der Waals surface area (Å²) in [5.74, 6) is 0. The summed E-state index contributed by atoms with van der Waals surface area (Å²) in [4.78, 5) is 4.65. The minimum atomic E-state index is 1.07. The molecule has 0 aliphatic carbocycles. The van der Waals surface area contributed by atoms with Crippen LogP contribution in [-0.4, -0.2) is 21.8 Å². The molecular formula is C13H10AsN. The van der Waals surface area contributed by atoms with Gasteiger partial charge in [0.15, 0.2) is 0 Å². The van der Waals surface area contributed by atoms with Gasteiger partial charge in [-0.1, -0.05) is 0 Å². The Hall–Kier alpha value is -1.33. The van der Waals surface area contributed by atoms with Crippen molar-refractivity contribution >= 4 is 43.0 Å². The average molecular weight is 255 g/mol. The standard InChI is InChI=1S/C13H10AsN/c14-11-5-3-7-13-10(11)8-9-4-1-2-6-12(9)15-13/h1-8H,14H2. The van der Waals surface area contributed by atoms with Crippen LogP contribution in [0.3, 0.4) is 0 Å². The normalized spacial score (nSPS) is 11.0. The van der Waals surface area contributed by atoms with Gasteiger partial charge in [0.2, 0.25) is 0 Å². The number of fused-ring (bicyclic) bond motifs is 2. The van der Waals surface area contributed by atoms with Gasteiger partial charge < -0.3 is 0 Å². The SMILES string of the molecule is [AsH2]c1cccc2nc3ccccc3cc12. The zero-order valence-electron chi connectivity index (χ0n) is 8.14. The summed E-state index contributed by atoms with van der Waals surface area (Å²) >= 11 is 1.65. The van der Waals surface area contributed by atoms with Crippen molar-refractivity contribution in [2.24, 2.45) is 0 Å². The Kier molecular flexibility index (Phi) is 2.00. The van der Waals surface area contributed by atoms with E-state index in [1.807, 2.05) is 6.07 Å². The number of nitrogens with zero attached hydrogens (tertiary/aromatic N) is 1. The van der Waals surface area contributed by atoms with Crippen molar-refractivity contribution in [2.75, 3.05) is 0 Å². The molecule has 1 aromatic heterocycles. The molecular weight excluding hydrogens is 245 g/mol. The predicted molar refractivity (Wildman–Crippen MR) is 67.4 cm³/mol. The Morgan fingerprint density at radius 1 is 0.867 bits per heavy atom. The van der Waals surface area contributed by atoms with E-state index in [9.17, 15) is 0 Å². The van der Waals surface area contributed by atoms with Crippen molar-refractivity contribution in [3.05, 3.63) is 48.5 Å². The van der Waals surface area contributed by atoms with Gasteiger partial charge >= 0.3 is 96.5 Å². The number of benzene rings is 2. The molecule has 3 rings (SSSR count). The monoisotopic (exact) mass is 255 g/mol. The summed E-state index contributed by atoms with van der Waals surface area (Å²) in [7, 11) is 0. The van der Waals surface area contributed by atoms with E-state index in [4.69, 9.17) is 0 Å². The Labute approximate surface area is 96.6 Å². The van der Waals surface area contributed by atoms with Gasteiger partial charge in [0.1, 0.15) is 0 Å². The second-order valence-electron chi connectivity index (χ2n) is 3.59. The number of hydrogen-bond donors (Lipinski definition) is 0. The van der Waals surface area contributed by atoms with Crippen molar-refractivity contribution in [2.45, 2.75) is 0 Å². The Morgan fingerprint density at radius 3 is 2.60 bits per heavy atom. The molecule has 0 amide bonds. The molecule has 1 heterocycles. The fourth-order valence-corrected chi connectivity index (χ4v) is 2.54. The molecule has 15 heavy (non-hydrogen) atoms. The van der Waals surface area contributed by atoms with Gasteiger partial charge in [0.25, 0.3) is 0 Å². The second kappa shape index (κ2) is 3.36. The summed E-state index contributed by atoms with van der Waals surface area (Å²) in [6.07, 6.45) is 0. The molecule has 2 aromatic carbocycles. The molecule has 0 saturated carbocycles. The maximum absolute atomic E-state index is 4.65. The molecule has 72 valence electrons. The fourth-order valence-electron chi connectivity index (χ4n) is 1.82. The van der Waals surface area contributed by atoms with Crippen LogP contribution in [0, 0.1) is 0 Å². The molecule has 3 aromatic rings. The molecule has 0 saturated heterocycles. The van der Waals surface area contributed by atoms with E-state index in [0.29, 0.717) is 0 Å². The molecule has 0 aliphatic rings. The van der Waals surface area contributed by atoms with Crippen LogP contribution in [0.1, 0.15) is 0 Å². The quantitative estimate of drug-likeness (QED) is 0.439. The summed E-state index contributed by atoms with van der Waals surface area (Å²) in [6.45, 7) is 0. The van der Waals surface area contributed by atoms with Crippen LogP contribution in [0.2, 0.25) is 0 Å². The Bertz CT molecular complexity index is 646. The van der Waals surface area contributed by atoms with E-state index in [-0.39, 0.29) is 0 Å². The first-order chi connectivity index (χ1) is 7.34. The first-order valence-electron chi connectivity index (χ1n) is 4.88. The summed E-state index contributed by atoms with van der Waals surface area (Å²) < 4.78 is 1.35. The Morgan fingerprint density at radius 2 is 1.67 bits per heavy atom. The second-order valence-corrected chi connectivity index (χ2v) is 4.90. The van der Waals surface area contributed by atoms with Crippen LogP contribution in [0.25, 0.3) is 21.8 Å². The third-order valence-electron chi connectivity index (χ3n) is 2.59. The third-order valence-corrected chi connectivity index (χ3v) is 3.65. The van der Waals surface area contributed by atoms with Gasteiger partial charge in [0, 0.05) is 0 Å². The molecule has 1 unspecified atom stereocenters. The Balaban J connectivity index is 2.53. The van der Waals surface area contributed by atoms with Crippen LogP contribution >= 0.6 is 0 Å². The topological polar surface area (TPSA) is 12.9 Å². The molecule has 0 aliphatic heterocycles. The number of para-hydroxylation sites is 1. The number of aromatic nitrogens is 1. The van der Waals surface area contributed by atoms with Gasteiger partial charge in [0.05, 0.1) is 0 Å². The van der Waals surface area contributed by atoms with E-state index < -0.39 is 0 Å². The van der Waals surface area contributed by atoms with Crippen molar-refractivity contribution in [3.8, 4) is 0 Å². The van der Waals surface area contributed by atoms with Crippen LogP contribution in [0.5, 0.6) is 0 Å². The summed E-state index contributed by atoms with van der Waals surface area (Å²) in [5.41, 5.74) is 2.17. The fraction of sp³-hybridized carbons (Fsp3) is 0. The van der Waals surface area contributed by atoms with Gasteiger partial charge in [-0.3, -0.25) is 0 Å². The summed E-state index contributed by atoms with van der Waals surface area (Å²) in [6, 6.07) is 16.8. The molecule has 1 atom stereocenters. The van der Waals surface area contributed by atoms with E-state index in [1.54, 1.807) is 16.9 Å². The third kappa shape index (κ3) is 1.44. The molecule has 0 bridgehead atoms. The number of rotatable bonds is 0. The first-order valence-corrected chi connectivity index (χ1v) is 6.10. The molecule has 0 spiro atoms. The van der Waals surface area contributed by atoms with Gasteiger partial charge in [-0.15, -0.1) is 0 Å². The summed E-state index contributed by atoms with van der Waals surface area (Å²) in [5, 5.41) is 2.49. The number of hydrogen-bond acceptors (Lipinski definition) is 1. The van der Waals surface area contributed by atoms with E-state index in [2.05, 4.69) is 47.4 Å². The van der Waals surface area contributed by atoms with Crippen molar-refractivity contribution in [1.29, 1.82) is 0 Å². The zero-order valence-corrected chi connectivity index (χ0v) is 10.6. The van der Waals surface area contributed by atoms with Crippen LogP contribution in [0.15, 0.2) is 48.5 Å². The maximum atomic E-state index is 4.65. The van der Waals surface area contributed by atoms with E-state index in [0.717, 1.165) is 11.0 Å². The first kappa shape index (κ1) is 8.94. The van der Waals surface area contributed by atoms with Gasteiger partial charge in [-0.05, 0) is 0 Å². The minimum absolute atomic E-state index is 1.07. The number of pyridine rings is 1. The molecule has 0 N–H and O–H groups in total. The van der Waals surface area contributed by atoms with Gasteiger partial charge in [-0.2, -0.15) is 0 Å². The average Bonchev–Trinajstić information content (AvgIpc) is 2.27. The molecule has 0 radical (unpaired) electrons. The predicted octanol–water partition coefficient (Wildman–Crippen LogP) is 1.65. The van der Waals surface area contributed by atoms with Crippen molar-refractivity contribution in [1.82, 2.24) is 4.98 Å². The van der Waals surface area contributed by atoms with Crippen LogP contribution in [0.4, 0.5) is 0 Å². The van der Waals surface area contributed by atoms with E-state index in [1.165, 1.54) is 15.1 Å². The van der Waals surface area contributed by atoms with Crippen LogP contribution in [-0.2, 0) is 0 Å². The molecule has 2 heteroatoms. The van der Waals surface area contributed by atoms with Crippen molar-refractivity contribution < 1.29 is 0 Å². The van der Waals surface area contributed by atoms with Gasteiger partial charge in [-0.25, -0.2) is 0 Å². The van der Waals surface area contributed by atoms with E-state index >= 15 is 0 Å².